The highest BCUT2D eigenvalue weighted by Crippen LogP contribution is 2.20. The zero-order valence-corrected chi connectivity index (χ0v) is 14.7. The summed E-state index contributed by atoms with van der Waals surface area (Å²) in [5.74, 6) is 1.12. The Morgan fingerprint density at radius 1 is 1.16 bits per heavy atom. The van der Waals surface area contributed by atoms with E-state index in [9.17, 15) is 4.79 Å². The van der Waals surface area contributed by atoms with Crippen LogP contribution >= 0.6 is 12.2 Å². The third kappa shape index (κ3) is 4.28. The van der Waals surface area contributed by atoms with Crippen molar-refractivity contribution in [1.29, 1.82) is 0 Å². The highest BCUT2D eigenvalue weighted by molar-refractivity contribution is 7.80. The molecule has 0 unspecified atom stereocenters. The van der Waals surface area contributed by atoms with Crippen LogP contribution < -0.4 is 9.47 Å². The van der Waals surface area contributed by atoms with Gasteiger partial charge in [0.25, 0.3) is 11.1 Å². The quantitative estimate of drug-likeness (QED) is 0.744. The molecular formula is C19H19NO4S. The summed E-state index contributed by atoms with van der Waals surface area (Å²) in [5.41, 5.74) is 1.13. The van der Waals surface area contributed by atoms with Gasteiger partial charge in [0.05, 0.1) is 13.2 Å². The van der Waals surface area contributed by atoms with Crippen molar-refractivity contribution < 1.29 is 19.0 Å². The normalized spacial score (nSPS) is 16.4. The van der Waals surface area contributed by atoms with E-state index in [4.69, 9.17) is 26.4 Å². The van der Waals surface area contributed by atoms with Crippen LogP contribution in [0.2, 0.25) is 0 Å². The third-order valence-electron chi connectivity index (χ3n) is 3.97. The molecule has 2 aromatic rings. The Bertz CT molecular complexity index is 733. The number of carbonyl (C=O) groups excluding carboxylic acids is 1. The van der Waals surface area contributed by atoms with Gasteiger partial charge < -0.3 is 14.2 Å². The summed E-state index contributed by atoms with van der Waals surface area (Å²) >= 11 is 5.18. The molecule has 0 bridgehead atoms. The van der Waals surface area contributed by atoms with E-state index in [0.717, 1.165) is 11.3 Å². The summed E-state index contributed by atoms with van der Waals surface area (Å²) in [4.78, 5) is 14.1. The predicted molar refractivity (Wildman–Crippen MR) is 97.8 cm³/mol. The molecule has 0 spiro atoms. The lowest BCUT2D eigenvalue weighted by Crippen LogP contribution is -2.42. The van der Waals surface area contributed by atoms with Crippen molar-refractivity contribution in [3.05, 3.63) is 60.2 Å². The van der Waals surface area contributed by atoms with Crippen molar-refractivity contribution in [3.8, 4) is 11.5 Å². The highest BCUT2D eigenvalue weighted by atomic mass is 32.1. The van der Waals surface area contributed by atoms with Crippen LogP contribution in [0.25, 0.3) is 0 Å². The zero-order chi connectivity index (χ0) is 17.6. The molecule has 0 aromatic heterocycles. The fourth-order valence-electron chi connectivity index (χ4n) is 2.69. The highest BCUT2D eigenvalue weighted by Gasteiger charge is 2.35. The smallest absolute Gasteiger partial charge is 0.268 e. The summed E-state index contributed by atoms with van der Waals surface area (Å²) in [6, 6.07) is 16.9. The van der Waals surface area contributed by atoms with Crippen molar-refractivity contribution in [1.82, 2.24) is 4.90 Å². The van der Waals surface area contributed by atoms with Gasteiger partial charge in [0.15, 0.2) is 6.61 Å². The maximum atomic E-state index is 12.6. The summed E-state index contributed by atoms with van der Waals surface area (Å²) in [7, 11) is 1.60. The van der Waals surface area contributed by atoms with Crippen LogP contribution in [0.1, 0.15) is 5.56 Å². The van der Waals surface area contributed by atoms with Gasteiger partial charge in [-0.05, 0) is 48.5 Å². The minimum absolute atomic E-state index is 0.0961. The maximum Gasteiger partial charge on any atom is 0.268 e. The molecule has 2 aromatic carbocycles. The molecule has 1 saturated heterocycles. The van der Waals surface area contributed by atoms with E-state index in [1.165, 1.54) is 4.90 Å². The van der Waals surface area contributed by atoms with Gasteiger partial charge in [0, 0.05) is 0 Å². The average Bonchev–Trinajstić information content (AvgIpc) is 3.01. The first-order valence-corrected chi connectivity index (χ1v) is 8.38. The van der Waals surface area contributed by atoms with Gasteiger partial charge in [0.2, 0.25) is 0 Å². The first kappa shape index (κ1) is 17.2. The average molecular weight is 357 g/mol. The molecule has 1 atom stereocenters. The number of hydrogen-bond donors (Lipinski definition) is 0. The maximum absolute atomic E-state index is 12.6. The van der Waals surface area contributed by atoms with E-state index in [1.807, 2.05) is 30.3 Å². The van der Waals surface area contributed by atoms with Crippen LogP contribution in [0.15, 0.2) is 54.6 Å². The lowest BCUT2D eigenvalue weighted by atomic mass is 10.1. The first-order valence-electron chi connectivity index (χ1n) is 7.97. The van der Waals surface area contributed by atoms with Crippen molar-refractivity contribution in [3.63, 3.8) is 0 Å². The lowest BCUT2D eigenvalue weighted by molar-refractivity contribution is -0.130. The monoisotopic (exact) mass is 357 g/mol. The van der Waals surface area contributed by atoms with E-state index in [0.29, 0.717) is 18.8 Å². The number of methoxy groups -OCH3 is 1. The van der Waals surface area contributed by atoms with E-state index in [1.54, 1.807) is 31.4 Å². The Labute approximate surface area is 152 Å². The largest absolute Gasteiger partial charge is 0.497 e. The van der Waals surface area contributed by atoms with Crippen LogP contribution in [-0.4, -0.2) is 42.3 Å². The Morgan fingerprint density at radius 2 is 1.84 bits per heavy atom. The summed E-state index contributed by atoms with van der Waals surface area (Å²) in [6.45, 7) is 0.309. The second-order valence-electron chi connectivity index (χ2n) is 5.65. The summed E-state index contributed by atoms with van der Waals surface area (Å²) < 4.78 is 16.1. The second kappa shape index (κ2) is 7.98. The fraction of sp³-hybridized carbons (Fsp3) is 0.263. The molecule has 0 radical (unpaired) electrons. The first-order chi connectivity index (χ1) is 12.2. The minimum Gasteiger partial charge on any atom is -0.497 e. The van der Waals surface area contributed by atoms with E-state index in [2.05, 4.69) is 0 Å². The molecule has 3 rings (SSSR count). The molecule has 6 heteroatoms. The fourth-order valence-corrected chi connectivity index (χ4v) is 3.01. The standard InChI is InChI=1S/C19H19NO4S/c1-22-16-7-9-17(10-8-16)23-13-18(21)20-15(12-24-19(20)25)11-14-5-3-2-4-6-14/h2-10,15H,11-13H2,1H3/t15-/m0/s1. The number of carbonyl (C=O) groups is 1. The van der Waals surface area contributed by atoms with Gasteiger partial charge in [-0.2, -0.15) is 0 Å². The van der Waals surface area contributed by atoms with Crippen LogP contribution in [0, 0.1) is 0 Å². The molecule has 1 amide bonds. The lowest BCUT2D eigenvalue weighted by Gasteiger charge is -2.21. The van der Waals surface area contributed by atoms with Crippen molar-refractivity contribution >= 4 is 23.3 Å². The molecule has 25 heavy (non-hydrogen) atoms. The van der Waals surface area contributed by atoms with Gasteiger partial charge >= 0.3 is 0 Å². The molecule has 0 aliphatic carbocycles. The Hall–Kier alpha value is -2.60. The summed E-state index contributed by atoms with van der Waals surface area (Å²) in [6.07, 6.45) is 0.690. The van der Waals surface area contributed by atoms with Crippen LogP contribution in [0.4, 0.5) is 0 Å². The van der Waals surface area contributed by atoms with E-state index < -0.39 is 0 Å². The molecule has 0 N–H and O–H groups in total. The number of nitrogens with zero attached hydrogens (tertiary/aromatic N) is 1. The number of thiocarbonyl (C=S) groups is 1. The van der Waals surface area contributed by atoms with E-state index >= 15 is 0 Å². The molecular weight excluding hydrogens is 338 g/mol. The molecule has 0 saturated carbocycles. The molecule has 1 aliphatic rings. The Kier molecular flexibility index (Phi) is 5.50. The minimum atomic E-state index is -0.209. The SMILES string of the molecule is COc1ccc(OCC(=O)N2C(=S)OC[C@@H]2Cc2ccccc2)cc1. The molecule has 130 valence electrons. The summed E-state index contributed by atoms with van der Waals surface area (Å²) in [5, 5.41) is 0.212. The van der Waals surface area contributed by atoms with Gasteiger partial charge in [-0.15, -0.1) is 0 Å². The zero-order valence-electron chi connectivity index (χ0n) is 13.9. The molecule has 1 fully saturated rings. The van der Waals surface area contributed by atoms with E-state index in [-0.39, 0.29) is 23.7 Å². The van der Waals surface area contributed by atoms with Gasteiger partial charge in [0.1, 0.15) is 18.1 Å². The molecule has 1 heterocycles. The Balaban J connectivity index is 1.61. The van der Waals surface area contributed by atoms with Gasteiger partial charge in [-0.1, -0.05) is 30.3 Å². The van der Waals surface area contributed by atoms with Gasteiger partial charge in [-0.25, -0.2) is 0 Å². The molecule has 1 aliphatic heterocycles. The molecule has 5 nitrogen and oxygen atoms in total. The van der Waals surface area contributed by atoms with Crippen LogP contribution in [0.3, 0.4) is 0 Å². The third-order valence-corrected chi connectivity index (χ3v) is 4.28. The van der Waals surface area contributed by atoms with Crippen molar-refractivity contribution in [2.24, 2.45) is 0 Å². The second-order valence-corrected chi connectivity index (χ2v) is 6.00. The number of rotatable bonds is 6. The van der Waals surface area contributed by atoms with Gasteiger partial charge in [-0.3, -0.25) is 9.69 Å². The topological polar surface area (TPSA) is 48.0 Å². The number of hydrogen-bond acceptors (Lipinski definition) is 5. The number of ether oxygens (including phenoxy) is 3. The number of amides is 1. The number of benzene rings is 2. The van der Waals surface area contributed by atoms with Crippen LogP contribution in [-0.2, 0) is 16.0 Å². The van der Waals surface area contributed by atoms with Crippen molar-refractivity contribution in [2.75, 3.05) is 20.3 Å². The van der Waals surface area contributed by atoms with Crippen LogP contribution in [0.5, 0.6) is 11.5 Å². The predicted octanol–water partition coefficient (Wildman–Crippen LogP) is 2.83. The Morgan fingerprint density at radius 3 is 2.52 bits per heavy atom. The van der Waals surface area contributed by atoms with Crippen molar-refractivity contribution in [2.45, 2.75) is 12.5 Å².